The van der Waals surface area contributed by atoms with E-state index in [0.717, 1.165) is 11.5 Å². The summed E-state index contributed by atoms with van der Waals surface area (Å²) < 4.78 is 10.2. The fraction of sp³-hybridized carbons (Fsp3) is 0.176. The summed E-state index contributed by atoms with van der Waals surface area (Å²) in [6.45, 7) is 5.98. The topological polar surface area (TPSA) is 86.7 Å². The SMILES string of the molecule is CC(=O)c1ccc(C(C)=O)cc1.CC(=O)c1cccc(C(C)=O)c1.COc1ccc(-c2ccc(OC)cc2)cc1. The van der Waals surface area contributed by atoms with Crippen molar-refractivity contribution in [1.29, 1.82) is 0 Å². The number of ether oxygens (including phenoxy) is 2. The van der Waals surface area contributed by atoms with Gasteiger partial charge in [-0.05, 0) is 69.2 Å². The number of carbonyl (C=O) groups excluding carboxylic acids is 4. The summed E-state index contributed by atoms with van der Waals surface area (Å²) in [7, 11) is 3.34. The first-order valence-corrected chi connectivity index (χ1v) is 12.6. The Hall–Kier alpha value is -4.84. The Morgan fingerprint density at radius 2 is 0.725 bits per heavy atom. The van der Waals surface area contributed by atoms with E-state index in [0.29, 0.717) is 22.3 Å². The fourth-order valence-corrected chi connectivity index (χ4v) is 3.46. The molecular weight excluding hydrogens is 504 g/mol. The number of Topliss-reactive ketones (excluding diaryl/α,β-unsaturated/α-hetero) is 4. The molecule has 0 aliphatic rings. The number of methoxy groups -OCH3 is 2. The molecule has 0 saturated carbocycles. The molecule has 0 atom stereocenters. The largest absolute Gasteiger partial charge is 0.497 e. The number of rotatable bonds is 7. The highest BCUT2D eigenvalue weighted by Gasteiger charge is 2.03. The lowest BCUT2D eigenvalue weighted by molar-refractivity contribution is 0.100. The quantitative estimate of drug-likeness (QED) is 0.226. The first-order valence-electron chi connectivity index (χ1n) is 12.6. The van der Waals surface area contributed by atoms with Crippen LogP contribution in [-0.4, -0.2) is 37.4 Å². The number of ketones is 4. The summed E-state index contributed by atoms with van der Waals surface area (Å²) in [4.78, 5) is 43.5. The molecule has 0 bridgehead atoms. The van der Waals surface area contributed by atoms with Crippen LogP contribution in [0, 0.1) is 0 Å². The maximum atomic E-state index is 10.9. The molecule has 206 valence electrons. The summed E-state index contributed by atoms with van der Waals surface area (Å²) in [5.74, 6) is 1.75. The minimum Gasteiger partial charge on any atom is -0.497 e. The smallest absolute Gasteiger partial charge is 0.159 e. The molecule has 0 saturated heterocycles. The molecule has 6 heteroatoms. The Labute approximate surface area is 235 Å². The summed E-state index contributed by atoms with van der Waals surface area (Å²) >= 11 is 0. The van der Waals surface area contributed by atoms with Crippen LogP contribution in [-0.2, 0) is 0 Å². The standard InChI is InChI=1S/C14H14O2.2C10H10O2/c1-15-13-7-3-11(4-8-13)12-5-9-14(16-2)10-6-12;1-7(11)9-3-5-10(6-4-9)8(2)12;1-7(11)9-4-3-5-10(6-9)8(2)12/h3-10H,1-2H3;2*3-6H,1-2H3. The predicted molar refractivity (Wildman–Crippen MR) is 158 cm³/mol. The molecule has 0 aliphatic heterocycles. The molecule has 0 heterocycles. The second kappa shape index (κ2) is 15.5. The van der Waals surface area contributed by atoms with Crippen LogP contribution in [0.2, 0.25) is 0 Å². The van der Waals surface area contributed by atoms with Crippen molar-refractivity contribution in [1.82, 2.24) is 0 Å². The van der Waals surface area contributed by atoms with E-state index in [9.17, 15) is 19.2 Å². The molecule has 0 radical (unpaired) electrons. The third-order valence-corrected chi connectivity index (χ3v) is 5.89. The molecule has 4 aromatic rings. The van der Waals surface area contributed by atoms with Gasteiger partial charge in [0.2, 0.25) is 0 Å². The molecule has 4 aromatic carbocycles. The number of hydrogen-bond acceptors (Lipinski definition) is 6. The van der Waals surface area contributed by atoms with E-state index in [4.69, 9.17) is 9.47 Å². The average Bonchev–Trinajstić information content (AvgIpc) is 2.98. The maximum absolute atomic E-state index is 10.9. The van der Waals surface area contributed by atoms with Crippen LogP contribution in [0.1, 0.15) is 69.1 Å². The van der Waals surface area contributed by atoms with Gasteiger partial charge in [0.15, 0.2) is 23.1 Å². The van der Waals surface area contributed by atoms with E-state index in [2.05, 4.69) is 0 Å². The first kappa shape index (κ1) is 31.4. The highest BCUT2D eigenvalue weighted by Crippen LogP contribution is 2.24. The Morgan fingerprint density at radius 1 is 0.425 bits per heavy atom. The lowest BCUT2D eigenvalue weighted by Gasteiger charge is -2.05. The van der Waals surface area contributed by atoms with Gasteiger partial charge in [0.05, 0.1) is 14.2 Å². The van der Waals surface area contributed by atoms with Crippen LogP contribution < -0.4 is 9.47 Å². The Bertz CT molecular complexity index is 1330. The zero-order valence-corrected chi connectivity index (χ0v) is 23.7. The maximum Gasteiger partial charge on any atom is 0.159 e. The van der Waals surface area contributed by atoms with E-state index < -0.39 is 0 Å². The number of benzene rings is 4. The van der Waals surface area contributed by atoms with Crippen molar-refractivity contribution in [3.8, 4) is 22.6 Å². The second-order valence-electron chi connectivity index (χ2n) is 8.84. The van der Waals surface area contributed by atoms with Crippen LogP contribution in [0.25, 0.3) is 11.1 Å². The number of hydrogen-bond donors (Lipinski definition) is 0. The molecule has 0 aliphatic carbocycles. The normalized spacial score (nSPS) is 9.65. The first-order chi connectivity index (χ1) is 19.0. The van der Waals surface area contributed by atoms with Crippen molar-refractivity contribution in [2.45, 2.75) is 27.7 Å². The molecule has 0 amide bonds. The van der Waals surface area contributed by atoms with Gasteiger partial charge >= 0.3 is 0 Å². The highest BCUT2D eigenvalue weighted by molar-refractivity contribution is 5.99. The van der Waals surface area contributed by atoms with E-state index in [1.54, 1.807) is 62.8 Å². The van der Waals surface area contributed by atoms with Crippen molar-refractivity contribution in [2.75, 3.05) is 14.2 Å². The monoisotopic (exact) mass is 538 g/mol. The average molecular weight is 539 g/mol. The third-order valence-electron chi connectivity index (χ3n) is 5.89. The third kappa shape index (κ3) is 9.80. The predicted octanol–water partition coefficient (Wildman–Crippen LogP) is 7.55. The van der Waals surface area contributed by atoms with Gasteiger partial charge < -0.3 is 9.47 Å². The highest BCUT2D eigenvalue weighted by atomic mass is 16.5. The molecule has 0 spiro atoms. The minimum atomic E-state index is -0.0156. The van der Waals surface area contributed by atoms with Gasteiger partial charge in [-0.2, -0.15) is 0 Å². The van der Waals surface area contributed by atoms with E-state index in [-0.39, 0.29) is 23.1 Å². The summed E-state index contributed by atoms with van der Waals surface area (Å²) in [6, 6.07) is 29.4. The lowest BCUT2D eigenvalue weighted by Crippen LogP contribution is -1.96. The number of carbonyl (C=O) groups is 4. The van der Waals surface area contributed by atoms with E-state index >= 15 is 0 Å². The molecule has 4 rings (SSSR count). The zero-order chi connectivity index (χ0) is 29.7. The van der Waals surface area contributed by atoms with Crippen molar-refractivity contribution < 1.29 is 28.7 Å². The summed E-state index contributed by atoms with van der Waals surface area (Å²) in [6.07, 6.45) is 0. The molecular formula is C34H34O6. The molecule has 40 heavy (non-hydrogen) atoms. The van der Waals surface area contributed by atoms with E-state index in [1.165, 1.54) is 38.8 Å². The van der Waals surface area contributed by atoms with Gasteiger partial charge in [-0.1, -0.05) is 66.7 Å². The lowest BCUT2D eigenvalue weighted by atomic mass is 10.1. The Balaban J connectivity index is 0.000000214. The molecule has 0 unspecified atom stereocenters. The Kier molecular flexibility index (Phi) is 12.2. The molecule has 6 nitrogen and oxygen atoms in total. The van der Waals surface area contributed by atoms with Crippen molar-refractivity contribution in [2.24, 2.45) is 0 Å². The Morgan fingerprint density at radius 3 is 0.975 bits per heavy atom. The van der Waals surface area contributed by atoms with Gasteiger partial charge in [0, 0.05) is 22.3 Å². The molecule has 0 fully saturated rings. The van der Waals surface area contributed by atoms with Crippen LogP contribution >= 0.6 is 0 Å². The van der Waals surface area contributed by atoms with Crippen LogP contribution in [0.15, 0.2) is 97.1 Å². The van der Waals surface area contributed by atoms with Gasteiger partial charge in [-0.3, -0.25) is 19.2 Å². The van der Waals surface area contributed by atoms with Gasteiger partial charge in [0.1, 0.15) is 11.5 Å². The fourth-order valence-electron chi connectivity index (χ4n) is 3.46. The second-order valence-corrected chi connectivity index (χ2v) is 8.84. The summed E-state index contributed by atoms with van der Waals surface area (Å²) in [5.41, 5.74) is 4.79. The van der Waals surface area contributed by atoms with Gasteiger partial charge in [-0.15, -0.1) is 0 Å². The van der Waals surface area contributed by atoms with Crippen molar-refractivity contribution in [3.05, 3.63) is 119 Å². The zero-order valence-electron chi connectivity index (χ0n) is 23.7. The van der Waals surface area contributed by atoms with E-state index in [1.807, 2.05) is 48.5 Å². The van der Waals surface area contributed by atoms with Gasteiger partial charge in [-0.25, -0.2) is 0 Å². The van der Waals surface area contributed by atoms with Crippen LogP contribution in [0.5, 0.6) is 11.5 Å². The minimum absolute atomic E-state index is 0.0156. The van der Waals surface area contributed by atoms with Crippen LogP contribution in [0.4, 0.5) is 0 Å². The van der Waals surface area contributed by atoms with Crippen molar-refractivity contribution in [3.63, 3.8) is 0 Å². The molecule has 0 aromatic heterocycles. The molecule has 0 N–H and O–H groups in total. The van der Waals surface area contributed by atoms with Crippen molar-refractivity contribution >= 4 is 23.1 Å². The summed E-state index contributed by atoms with van der Waals surface area (Å²) in [5, 5.41) is 0. The van der Waals surface area contributed by atoms with Gasteiger partial charge in [0.25, 0.3) is 0 Å². The van der Waals surface area contributed by atoms with Crippen LogP contribution in [0.3, 0.4) is 0 Å².